The van der Waals surface area contributed by atoms with Gasteiger partial charge in [-0.25, -0.2) is 0 Å². The standard InChI is InChI=1S/C25H21N3O2S/c1-15(2)28-19-12-6-3-9-16(19)22(27-28)24(30)23-25(17-10-4-7-13-20(17)29)31-21-14-8-5-11-18(21)26-23/h3-15,26,29H,1-2H3. The van der Waals surface area contributed by atoms with Gasteiger partial charge in [0.15, 0.2) is 0 Å². The average molecular weight is 428 g/mol. The first-order chi connectivity index (χ1) is 15.0. The van der Waals surface area contributed by atoms with Crippen molar-refractivity contribution >= 4 is 39.0 Å². The van der Waals surface area contributed by atoms with E-state index in [9.17, 15) is 9.90 Å². The monoisotopic (exact) mass is 427 g/mol. The van der Waals surface area contributed by atoms with Crippen LogP contribution in [0.2, 0.25) is 0 Å². The summed E-state index contributed by atoms with van der Waals surface area (Å²) in [4.78, 5) is 15.5. The number of nitrogens with one attached hydrogen (secondary N) is 1. The van der Waals surface area contributed by atoms with Crippen molar-refractivity contribution in [1.82, 2.24) is 9.78 Å². The van der Waals surface area contributed by atoms with Crippen LogP contribution in [0, 0.1) is 0 Å². The zero-order valence-electron chi connectivity index (χ0n) is 17.2. The molecule has 31 heavy (non-hydrogen) atoms. The molecule has 0 aliphatic carbocycles. The summed E-state index contributed by atoms with van der Waals surface area (Å²) in [6.45, 7) is 4.09. The molecular weight excluding hydrogens is 406 g/mol. The molecule has 0 saturated carbocycles. The molecule has 4 aromatic rings. The highest BCUT2D eigenvalue weighted by molar-refractivity contribution is 8.08. The van der Waals surface area contributed by atoms with Crippen molar-refractivity contribution in [3.05, 3.63) is 89.8 Å². The van der Waals surface area contributed by atoms with Crippen molar-refractivity contribution < 1.29 is 9.90 Å². The van der Waals surface area contributed by atoms with E-state index < -0.39 is 0 Å². The molecular formula is C25H21N3O2S. The van der Waals surface area contributed by atoms with E-state index in [1.165, 1.54) is 11.8 Å². The Balaban J connectivity index is 1.72. The first-order valence-electron chi connectivity index (χ1n) is 10.1. The molecule has 0 saturated heterocycles. The fourth-order valence-corrected chi connectivity index (χ4v) is 4.92. The molecule has 1 aromatic heterocycles. The quantitative estimate of drug-likeness (QED) is 0.386. The van der Waals surface area contributed by atoms with Gasteiger partial charge < -0.3 is 10.4 Å². The number of aromatic hydroxyl groups is 1. The van der Waals surface area contributed by atoms with Gasteiger partial charge in [-0.15, -0.1) is 0 Å². The number of hydrogen-bond acceptors (Lipinski definition) is 5. The second-order valence-corrected chi connectivity index (χ2v) is 8.73. The van der Waals surface area contributed by atoms with Gasteiger partial charge in [0.05, 0.1) is 16.1 Å². The lowest BCUT2D eigenvalue weighted by molar-refractivity contribution is 0.103. The molecule has 0 fully saturated rings. The van der Waals surface area contributed by atoms with E-state index in [0.717, 1.165) is 21.5 Å². The van der Waals surface area contributed by atoms with Crippen LogP contribution < -0.4 is 5.32 Å². The number of fused-ring (bicyclic) bond motifs is 2. The maximum Gasteiger partial charge on any atom is 0.231 e. The van der Waals surface area contributed by atoms with Gasteiger partial charge in [-0.2, -0.15) is 5.10 Å². The van der Waals surface area contributed by atoms with Gasteiger partial charge in [0, 0.05) is 21.9 Å². The van der Waals surface area contributed by atoms with E-state index >= 15 is 0 Å². The van der Waals surface area contributed by atoms with Crippen molar-refractivity contribution in [2.75, 3.05) is 5.32 Å². The summed E-state index contributed by atoms with van der Waals surface area (Å²) in [5.41, 5.74) is 3.23. The number of rotatable bonds is 4. The van der Waals surface area contributed by atoms with Crippen LogP contribution in [0.5, 0.6) is 5.75 Å². The Hall–Kier alpha value is -3.51. The number of benzene rings is 3. The lowest BCUT2D eigenvalue weighted by Gasteiger charge is -2.23. The van der Waals surface area contributed by atoms with E-state index in [1.54, 1.807) is 12.1 Å². The maximum absolute atomic E-state index is 13.9. The van der Waals surface area contributed by atoms with Crippen LogP contribution in [-0.2, 0) is 0 Å². The Bertz CT molecular complexity index is 1350. The zero-order chi connectivity index (χ0) is 21.5. The van der Waals surface area contributed by atoms with Gasteiger partial charge in [0.1, 0.15) is 17.1 Å². The molecule has 154 valence electrons. The van der Waals surface area contributed by atoms with Crippen LogP contribution >= 0.6 is 11.8 Å². The first kappa shape index (κ1) is 19.5. The van der Waals surface area contributed by atoms with E-state index in [2.05, 4.69) is 5.32 Å². The predicted molar refractivity (Wildman–Crippen MR) is 125 cm³/mol. The number of hydrogen-bond donors (Lipinski definition) is 2. The van der Waals surface area contributed by atoms with E-state index in [-0.39, 0.29) is 17.6 Å². The number of nitrogens with zero attached hydrogens (tertiary/aromatic N) is 2. The Kier molecular flexibility index (Phi) is 4.79. The minimum Gasteiger partial charge on any atom is -0.507 e. The third kappa shape index (κ3) is 3.29. The molecule has 0 unspecified atom stereocenters. The number of aromatic nitrogens is 2. The number of para-hydroxylation sites is 3. The molecule has 5 rings (SSSR count). The normalized spacial score (nSPS) is 13.4. The summed E-state index contributed by atoms with van der Waals surface area (Å²) >= 11 is 1.48. The van der Waals surface area contributed by atoms with Gasteiger partial charge in [-0.05, 0) is 38.1 Å². The Morgan fingerprint density at radius 3 is 2.52 bits per heavy atom. The van der Waals surface area contributed by atoms with E-state index in [4.69, 9.17) is 5.10 Å². The predicted octanol–water partition coefficient (Wildman–Crippen LogP) is 6.09. The molecule has 0 radical (unpaired) electrons. The number of thioether (sulfide) groups is 1. The van der Waals surface area contributed by atoms with E-state index in [0.29, 0.717) is 21.9 Å². The Labute approximate surface area is 184 Å². The number of carbonyl (C=O) groups excluding carboxylic acids is 1. The number of carbonyl (C=O) groups is 1. The minimum atomic E-state index is -0.198. The van der Waals surface area contributed by atoms with Gasteiger partial charge in [0.25, 0.3) is 0 Å². The topological polar surface area (TPSA) is 67.2 Å². The molecule has 1 aliphatic rings. The minimum absolute atomic E-state index is 0.118. The lowest BCUT2D eigenvalue weighted by atomic mass is 10.1. The van der Waals surface area contributed by atoms with Gasteiger partial charge in [-0.1, -0.05) is 60.3 Å². The molecule has 1 aliphatic heterocycles. The molecule has 3 aromatic carbocycles. The van der Waals surface area contributed by atoms with Crippen LogP contribution in [-0.4, -0.2) is 20.7 Å². The average Bonchev–Trinajstić information content (AvgIpc) is 3.18. The summed E-state index contributed by atoms with van der Waals surface area (Å²) in [6, 6.07) is 22.8. The molecule has 6 heteroatoms. The number of phenolic OH excluding ortho intramolecular Hbond substituents is 1. The zero-order valence-corrected chi connectivity index (χ0v) is 18.0. The van der Waals surface area contributed by atoms with Crippen LogP contribution in [0.3, 0.4) is 0 Å². The second-order valence-electron chi connectivity index (χ2n) is 7.68. The van der Waals surface area contributed by atoms with Crippen LogP contribution in [0.4, 0.5) is 5.69 Å². The van der Waals surface area contributed by atoms with Crippen molar-refractivity contribution in [3.63, 3.8) is 0 Å². The summed E-state index contributed by atoms with van der Waals surface area (Å²) in [6.07, 6.45) is 0. The summed E-state index contributed by atoms with van der Waals surface area (Å²) in [5, 5.41) is 19.4. The lowest BCUT2D eigenvalue weighted by Crippen LogP contribution is -2.18. The second kappa shape index (κ2) is 7.63. The Morgan fingerprint density at radius 1 is 1.00 bits per heavy atom. The highest BCUT2D eigenvalue weighted by Gasteiger charge is 2.29. The molecule has 0 amide bonds. The summed E-state index contributed by atoms with van der Waals surface area (Å²) in [7, 11) is 0. The maximum atomic E-state index is 13.9. The number of phenols is 1. The fraction of sp³-hybridized carbons (Fsp3) is 0.120. The summed E-state index contributed by atoms with van der Waals surface area (Å²) in [5.74, 6) is -0.0649. The number of anilines is 1. The van der Waals surface area contributed by atoms with Crippen LogP contribution in [0.1, 0.15) is 35.9 Å². The van der Waals surface area contributed by atoms with Crippen molar-refractivity contribution in [2.45, 2.75) is 24.8 Å². The van der Waals surface area contributed by atoms with Gasteiger partial charge in [0.2, 0.25) is 5.78 Å². The number of allylic oxidation sites excluding steroid dienone is 1. The first-order valence-corrected chi connectivity index (χ1v) is 10.9. The van der Waals surface area contributed by atoms with Crippen LogP contribution in [0.15, 0.2) is 83.4 Å². The smallest absolute Gasteiger partial charge is 0.231 e. The molecule has 2 heterocycles. The largest absolute Gasteiger partial charge is 0.507 e. The number of Topliss-reactive ketones (excluding diaryl/α,β-unsaturated/α-hetero) is 1. The highest BCUT2D eigenvalue weighted by Crippen LogP contribution is 2.47. The van der Waals surface area contributed by atoms with Gasteiger partial charge >= 0.3 is 0 Å². The third-order valence-electron chi connectivity index (χ3n) is 5.28. The Morgan fingerprint density at radius 2 is 1.71 bits per heavy atom. The highest BCUT2D eigenvalue weighted by atomic mass is 32.2. The summed E-state index contributed by atoms with van der Waals surface area (Å²) < 4.78 is 1.88. The molecule has 0 bridgehead atoms. The number of ketones is 1. The van der Waals surface area contributed by atoms with E-state index in [1.807, 2.05) is 79.2 Å². The molecule has 0 spiro atoms. The third-order valence-corrected chi connectivity index (χ3v) is 6.48. The SMILES string of the molecule is CC(C)n1nc(C(=O)C2=C(c3ccccc3O)Sc3ccccc3N2)c2ccccc21. The molecule has 5 nitrogen and oxygen atoms in total. The van der Waals surface area contributed by atoms with Gasteiger partial charge in [-0.3, -0.25) is 9.48 Å². The molecule has 0 atom stereocenters. The fourth-order valence-electron chi connectivity index (χ4n) is 3.80. The van der Waals surface area contributed by atoms with Crippen molar-refractivity contribution in [1.29, 1.82) is 0 Å². The van der Waals surface area contributed by atoms with Crippen molar-refractivity contribution in [2.24, 2.45) is 0 Å². The van der Waals surface area contributed by atoms with Crippen LogP contribution in [0.25, 0.3) is 15.8 Å². The molecule has 2 N–H and O–H groups in total. The van der Waals surface area contributed by atoms with Crippen molar-refractivity contribution in [3.8, 4) is 5.75 Å².